The van der Waals surface area contributed by atoms with Crippen LogP contribution in [0, 0.1) is 11.3 Å². The van der Waals surface area contributed by atoms with Gasteiger partial charge in [0.05, 0.1) is 17.2 Å². The number of nitrogens with zero attached hydrogens (tertiary/aromatic N) is 1. The minimum Gasteiger partial charge on any atom is -0.382 e. The molecule has 1 rings (SSSR count). The Morgan fingerprint density at radius 2 is 2.11 bits per heavy atom. The van der Waals surface area contributed by atoms with Gasteiger partial charge in [-0.1, -0.05) is 0 Å². The number of benzene rings is 1. The Bertz CT molecular complexity index is 452. The van der Waals surface area contributed by atoms with Crippen molar-refractivity contribution in [1.29, 1.82) is 5.26 Å². The van der Waals surface area contributed by atoms with Gasteiger partial charge in [-0.05, 0) is 31.4 Å². The summed E-state index contributed by atoms with van der Waals surface area (Å²) in [5.41, 5.74) is -0.724. The SMILES string of the molecule is CSCC(C)Nc1ccc(C(F)(F)F)c(C#N)c1. The van der Waals surface area contributed by atoms with Crippen molar-refractivity contribution in [3.63, 3.8) is 0 Å². The number of nitriles is 1. The molecule has 0 saturated carbocycles. The van der Waals surface area contributed by atoms with Gasteiger partial charge in [0, 0.05) is 17.5 Å². The first-order chi connectivity index (χ1) is 8.38. The summed E-state index contributed by atoms with van der Waals surface area (Å²) in [7, 11) is 0. The van der Waals surface area contributed by atoms with Crippen molar-refractivity contribution in [2.75, 3.05) is 17.3 Å². The van der Waals surface area contributed by atoms with Crippen molar-refractivity contribution in [3.8, 4) is 6.07 Å². The molecule has 18 heavy (non-hydrogen) atoms. The second kappa shape index (κ2) is 6.01. The van der Waals surface area contributed by atoms with Crippen LogP contribution in [0.5, 0.6) is 0 Å². The van der Waals surface area contributed by atoms with Gasteiger partial charge < -0.3 is 5.32 Å². The van der Waals surface area contributed by atoms with Crippen molar-refractivity contribution in [3.05, 3.63) is 29.3 Å². The quantitative estimate of drug-likeness (QED) is 0.908. The van der Waals surface area contributed by atoms with Crippen LogP contribution in [0.3, 0.4) is 0 Å². The Balaban J connectivity index is 2.97. The lowest BCUT2D eigenvalue weighted by Crippen LogP contribution is -2.18. The number of alkyl halides is 3. The summed E-state index contributed by atoms with van der Waals surface area (Å²) in [6.07, 6.45) is -2.54. The molecule has 1 atom stereocenters. The van der Waals surface area contributed by atoms with E-state index < -0.39 is 11.7 Å². The highest BCUT2D eigenvalue weighted by molar-refractivity contribution is 7.98. The fourth-order valence-corrected chi connectivity index (χ4v) is 2.13. The van der Waals surface area contributed by atoms with Gasteiger partial charge >= 0.3 is 6.18 Å². The molecule has 0 radical (unpaired) electrons. The Morgan fingerprint density at radius 1 is 1.44 bits per heavy atom. The van der Waals surface area contributed by atoms with E-state index in [1.165, 1.54) is 12.1 Å². The van der Waals surface area contributed by atoms with Crippen LogP contribution >= 0.6 is 11.8 Å². The third-order valence-electron chi connectivity index (χ3n) is 2.28. The molecule has 0 heterocycles. The zero-order valence-corrected chi connectivity index (χ0v) is 10.8. The summed E-state index contributed by atoms with van der Waals surface area (Å²) in [5.74, 6) is 0.836. The minimum absolute atomic E-state index is 0.128. The van der Waals surface area contributed by atoms with E-state index in [-0.39, 0.29) is 11.6 Å². The number of anilines is 1. The predicted molar refractivity (Wildman–Crippen MR) is 67.6 cm³/mol. The molecule has 1 aromatic rings. The van der Waals surface area contributed by atoms with Crippen molar-refractivity contribution in [2.24, 2.45) is 0 Å². The molecular weight excluding hydrogens is 261 g/mol. The molecule has 0 amide bonds. The Labute approximate surface area is 108 Å². The van der Waals surface area contributed by atoms with Gasteiger partial charge in [-0.25, -0.2) is 0 Å². The second-order valence-electron chi connectivity index (χ2n) is 3.87. The normalized spacial score (nSPS) is 12.9. The molecule has 0 aliphatic carbocycles. The van der Waals surface area contributed by atoms with Crippen LogP contribution in [0.1, 0.15) is 18.1 Å². The van der Waals surface area contributed by atoms with E-state index >= 15 is 0 Å². The maximum absolute atomic E-state index is 12.6. The van der Waals surface area contributed by atoms with E-state index in [1.807, 2.05) is 13.2 Å². The maximum Gasteiger partial charge on any atom is 0.417 e. The van der Waals surface area contributed by atoms with Gasteiger partial charge in [-0.3, -0.25) is 0 Å². The lowest BCUT2D eigenvalue weighted by atomic mass is 10.1. The third kappa shape index (κ3) is 3.84. The van der Waals surface area contributed by atoms with E-state index in [9.17, 15) is 13.2 Å². The summed E-state index contributed by atoms with van der Waals surface area (Å²) in [6.45, 7) is 1.93. The highest BCUT2D eigenvalue weighted by atomic mass is 32.2. The smallest absolute Gasteiger partial charge is 0.382 e. The van der Waals surface area contributed by atoms with Gasteiger partial charge in [0.1, 0.15) is 0 Å². The summed E-state index contributed by atoms with van der Waals surface area (Å²) in [6, 6.07) is 5.23. The molecule has 6 heteroatoms. The Kier molecular flexibility index (Phi) is 4.91. The van der Waals surface area contributed by atoms with Gasteiger partial charge in [-0.2, -0.15) is 30.2 Å². The van der Waals surface area contributed by atoms with Crippen LogP contribution in [0.15, 0.2) is 18.2 Å². The van der Waals surface area contributed by atoms with E-state index in [1.54, 1.807) is 17.8 Å². The maximum atomic E-state index is 12.6. The molecule has 0 spiro atoms. The van der Waals surface area contributed by atoms with E-state index in [2.05, 4.69) is 5.32 Å². The monoisotopic (exact) mass is 274 g/mol. The number of halogens is 3. The highest BCUT2D eigenvalue weighted by Crippen LogP contribution is 2.33. The fourth-order valence-electron chi connectivity index (χ4n) is 1.55. The van der Waals surface area contributed by atoms with Crippen molar-refractivity contribution in [1.82, 2.24) is 0 Å². The van der Waals surface area contributed by atoms with Crippen LogP contribution in [0.2, 0.25) is 0 Å². The van der Waals surface area contributed by atoms with E-state index in [4.69, 9.17) is 5.26 Å². The van der Waals surface area contributed by atoms with Gasteiger partial charge in [0.25, 0.3) is 0 Å². The second-order valence-corrected chi connectivity index (χ2v) is 4.78. The average molecular weight is 274 g/mol. The molecule has 2 nitrogen and oxygen atoms in total. The molecule has 1 unspecified atom stereocenters. The molecule has 0 saturated heterocycles. The minimum atomic E-state index is -4.49. The van der Waals surface area contributed by atoms with Crippen molar-refractivity contribution >= 4 is 17.4 Å². The molecule has 0 fully saturated rings. The standard InChI is InChI=1S/C12H13F3N2S/c1-8(7-18-2)17-10-3-4-11(12(13,14)15)9(5-10)6-16/h3-5,8,17H,7H2,1-2H3. The predicted octanol–water partition coefficient (Wildman–Crippen LogP) is 3.74. The molecule has 1 N–H and O–H groups in total. The third-order valence-corrected chi connectivity index (χ3v) is 3.11. The van der Waals surface area contributed by atoms with Gasteiger partial charge in [0.15, 0.2) is 0 Å². The lowest BCUT2D eigenvalue weighted by molar-refractivity contribution is -0.137. The first-order valence-corrected chi connectivity index (χ1v) is 6.64. The Hall–Kier alpha value is -1.35. The van der Waals surface area contributed by atoms with E-state index in [0.29, 0.717) is 5.69 Å². The van der Waals surface area contributed by atoms with Gasteiger partial charge in [-0.15, -0.1) is 0 Å². The number of hydrogen-bond donors (Lipinski definition) is 1. The zero-order chi connectivity index (χ0) is 13.8. The summed E-state index contributed by atoms with van der Waals surface area (Å²) in [5, 5.41) is 11.8. The topological polar surface area (TPSA) is 35.8 Å². The number of nitrogens with one attached hydrogen (secondary N) is 1. The van der Waals surface area contributed by atoms with Crippen LogP contribution in [0.4, 0.5) is 18.9 Å². The number of rotatable bonds is 4. The van der Waals surface area contributed by atoms with Gasteiger partial charge in [0.2, 0.25) is 0 Å². The van der Waals surface area contributed by atoms with E-state index in [0.717, 1.165) is 11.8 Å². The van der Waals surface area contributed by atoms with Crippen molar-refractivity contribution < 1.29 is 13.2 Å². The first-order valence-electron chi connectivity index (χ1n) is 5.25. The molecule has 1 aromatic carbocycles. The highest BCUT2D eigenvalue weighted by Gasteiger charge is 2.33. The molecule has 0 bridgehead atoms. The number of thioether (sulfide) groups is 1. The van der Waals surface area contributed by atoms with Crippen LogP contribution in [-0.2, 0) is 6.18 Å². The average Bonchev–Trinajstić information content (AvgIpc) is 2.27. The summed E-state index contributed by atoms with van der Waals surface area (Å²) in [4.78, 5) is 0. The summed E-state index contributed by atoms with van der Waals surface area (Å²) >= 11 is 1.64. The molecule has 0 aliphatic rings. The van der Waals surface area contributed by atoms with Crippen LogP contribution < -0.4 is 5.32 Å². The largest absolute Gasteiger partial charge is 0.417 e. The molecule has 98 valence electrons. The van der Waals surface area contributed by atoms with Crippen LogP contribution in [0.25, 0.3) is 0 Å². The zero-order valence-electron chi connectivity index (χ0n) is 10.0. The lowest BCUT2D eigenvalue weighted by Gasteiger charge is -2.15. The Morgan fingerprint density at radius 3 is 2.61 bits per heavy atom. The summed E-state index contributed by atoms with van der Waals surface area (Å²) < 4.78 is 37.7. The first kappa shape index (κ1) is 14.7. The van der Waals surface area contributed by atoms with Crippen molar-refractivity contribution in [2.45, 2.75) is 19.1 Å². The molecule has 0 aromatic heterocycles. The van der Waals surface area contributed by atoms with Crippen LogP contribution in [-0.4, -0.2) is 18.1 Å². The number of hydrogen-bond acceptors (Lipinski definition) is 3. The molecule has 0 aliphatic heterocycles. The fraction of sp³-hybridized carbons (Fsp3) is 0.417. The molecular formula is C12H13F3N2S.